The number of carbonyl (C=O) groups excluding carboxylic acids is 1. The maximum Gasteiger partial charge on any atom is 0.338 e. The molecule has 12 heteroatoms. The van der Waals surface area contributed by atoms with E-state index in [0.717, 1.165) is 10.9 Å². The number of nitrogens with zero attached hydrogens (tertiary/aromatic N) is 3. The molecule has 10 nitrogen and oxygen atoms in total. The first-order chi connectivity index (χ1) is 20.2. The van der Waals surface area contributed by atoms with Crippen molar-refractivity contribution in [2.24, 2.45) is 4.99 Å². The molecule has 5 rings (SSSR count). The molecule has 0 N–H and O–H groups in total. The number of esters is 1. The number of methoxy groups -OCH3 is 1. The monoisotopic (exact) mass is 651 g/mol. The lowest BCUT2D eigenvalue weighted by Crippen LogP contribution is -2.40. The first kappa shape index (κ1) is 29.2. The normalized spacial score (nSPS) is 14.9. The van der Waals surface area contributed by atoms with Gasteiger partial charge in [0.2, 0.25) is 0 Å². The highest BCUT2D eigenvalue weighted by Crippen LogP contribution is 2.38. The molecule has 1 atom stereocenters. The zero-order valence-corrected chi connectivity index (χ0v) is 25.4. The fourth-order valence-electron chi connectivity index (χ4n) is 4.82. The molecule has 2 aromatic heterocycles. The zero-order valence-electron chi connectivity index (χ0n) is 23.0. The lowest BCUT2D eigenvalue weighted by molar-refractivity contribution is -0.384. The number of benzene rings is 2. The first-order valence-electron chi connectivity index (χ1n) is 13.2. The summed E-state index contributed by atoms with van der Waals surface area (Å²) in [4.78, 5) is 43.3. The third-order valence-electron chi connectivity index (χ3n) is 6.62. The molecule has 0 saturated heterocycles. The first-order valence-corrected chi connectivity index (χ1v) is 14.8. The van der Waals surface area contributed by atoms with Crippen LogP contribution in [0.2, 0.25) is 0 Å². The summed E-state index contributed by atoms with van der Waals surface area (Å²) in [6.07, 6.45) is 2.84. The molecule has 0 amide bonds. The number of nitro groups is 1. The summed E-state index contributed by atoms with van der Waals surface area (Å²) >= 11 is 4.70. The van der Waals surface area contributed by atoms with Crippen LogP contribution < -0.4 is 19.6 Å². The Morgan fingerprint density at radius 2 is 2.02 bits per heavy atom. The standard InChI is InChI=1S/C30H26BrN3O7S/c1-4-7-22-26(29(36)40-5-2)27(21-15-18(31)10-12-24(21)39-3)33-28(35)25(42-30(33)32-22)16-20-11-13-23(41-20)17-8-6-9-19(14-17)34(37)38/h6,8-16,27H,4-5,7H2,1-3H3/b25-16+/t27-/m1/s1. The van der Waals surface area contributed by atoms with Crippen LogP contribution in [0.3, 0.4) is 0 Å². The fraction of sp³-hybridized carbons (Fsp3) is 0.233. The van der Waals surface area contributed by atoms with E-state index in [0.29, 0.717) is 55.4 Å². The van der Waals surface area contributed by atoms with Crippen molar-refractivity contribution in [3.8, 4) is 17.1 Å². The van der Waals surface area contributed by atoms with E-state index in [2.05, 4.69) is 15.9 Å². The van der Waals surface area contributed by atoms with Gasteiger partial charge in [0.15, 0.2) is 4.80 Å². The van der Waals surface area contributed by atoms with Gasteiger partial charge < -0.3 is 13.9 Å². The van der Waals surface area contributed by atoms with Crippen LogP contribution in [0.25, 0.3) is 17.4 Å². The van der Waals surface area contributed by atoms with Crippen molar-refractivity contribution in [3.63, 3.8) is 0 Å². The Hall–Kier alpha value is -4.29. The SMILES string of the molecule is CCCC1=C(C(=O)OCC)[C@@H](c2cc(Br)ccc2OC)n2c(s/c(=C/c3ccc(-c4cccc([N+](=O)[O-])c4)o3)c2=O)=N1. The largest absolute Gasteiger partial charge is 0.496 e. The predicted octanol–water partition coefficient (Wildman–Crippen LogP) is 5.52. The highest BCUT2D eigenvalue weighted by Gasteiger charge is 2.36. The molecule has 4 aromatic rings. The van der Waals surface area contributed by atoms with E-state index >= 15 is 0 Å². The number of ether oxygens (including phenoxy) is 2. The number of hydrogen-bond donors (Lipinski definition) is 0. The second-order valence-electron chi connectivity index (χ2n) is 9.31. The van der Waals surface area contributed by atoms with Crippen molar-refractivity contribution in [1.82, 2.24) is 4.57 Å². The third kappa shape index (κ3) is 5.59. The van der Waals surface area contributed by atoms with Gasteiger partial charge in [-0.15, -0.1) is 0 Å². The van der Waals surface area contributed by atoms with E-state index in [1.807, 2.05) is 19.1 Å². The fourth-order valence-corrected chi connectivity index (χ4v) is 6.20. The van der Waals surface area contributed by atoms with Crippen LogP contribution in [0.15, 0.2) is 84.5 Å². The summed E-state index contributed by atoms with van der Waals surface area (Å²) in [6, 6.07) is 14.1. The number of halogens is 1. The minimum absolute atomic E-state index is 0.0537. The number of aromatic nitrogens is 1. The number of furan rings is 1. The number of non-ortho nitro benzene ring substituents is 1. The maximum absolute atomic E-state index is 14.0. The van der Waals surface area contributed by atoms with Gasteiger partial charge in [-0.2, -0.15) is 0 Å². The highest BCUT2D eigenvalue weighted by atomic mass is 79.9. The summed E-state index contributed by atoms with van der Waals surface area (Å²) < 4.78 is 19.7. The molecule has 42 heavy (non-hydrogen) atoms. The molecule has 0 fully saturated rings. The van der Waals surface area contributed by atoms with Crippen molar-refractivity contribution in [2.75, 3.05) is 13.7 Å². The summed E-state index contributed by atoms with van der Waals surface area (Å²) in [5, 5.41) is 11.2. The molecule has 0 radical (unpaired) electrons. The van der Waals surface area contributed by atoms with Gasteiger partial charge in [0.25, 0.3) is 11.2 Å². The van der Waals surface area contributed by atoms with Gasteiger partial charge in [-0.25, -0.2) is 9.79 Å². The number of nitro benzene ring substituents is 1. The number of hydrogen-bond acceptors (Lipinski definition) is 9. The number of allylic oxidation sites excluding steroid dienone is 1. The van der Waals surface area contributed by atoms with Crippen molar-refractivity contribution >= 4 is 45.0 Å². The molecular weight excluding hydrogens is 626 g/mol. The lowest BCUT2D eigenvalue weighted by Gasteiger charge is -2.27. The molecule has 1 aliphatic heterocycles. The van der Waals surface area contributed by atoms with Gasteiger partial charge in [0, 0.05) is 33.8 Å². The molecule has 2 aromatic carbocycles. The van der Waals surface area contributed by atoms with Gasteiger partial charge in [-0.05, 0) is 43.7 Å². The van der Waals surface area contributed by atoms with Crippen LogP contribution in [0.4, 0.5) is 5.69 Å². The van der Waals surface area contributed by atoms with E-state index in [9.17, 15) is 19.7 Å². The molecule has 0 saturated carbocycles. The molecule has 0 bridgehead atoms. The third-order valence-corrected chi connectivity index (χ3v) is 8.10. The van der Waals surface area contributed by atoms with Crippen LogP contribution in [0, 0.1) is 10.1 Å². The highest BCUT2D eigenvalue weighted by molar-refractivity contribution is 9.10. The topological polar surface area (TPSA) is 126 Å². The summed E-state index contributed by atoms with van der Waals surface area (Å²) in [7, 11) is 1.53. The van der Waals surface area contributed by atoms with Crippen LogP contribution >= 0.6 is 27.3 Å². The smallest absolute Gasteiger partial charge is 0.338 e. The van der Waals surface area contributed by atoms with Gasteiger partial charge in [-0.3, -0.25) is 19.5 Å². The second kappa shape index (κ2) is 12.3. The zero-order chi connectivity index (χ0) is 30.0. The predicted molar refractivity (Wildman–Crippen MR) is 161 cm³/mol. The Morgan fingerprint density at radius 3 is 2.74 bits per heavy atom. The van der Waals surface area contributed by atoms with Gasteiger partial charge >= 0.3 is 5.97 Å². The average molecular weight is 653 g/mol. The van der Waals surface area contributed by atoms with Crippen molar-refractivity contribution in [3.05, 3.63) is 111 Å². The van der Waals surface area contributed by atoms with Crippen molar-refractivity contribution in [1.29, 1.82) is 0 Å². The maximum atomic E-state index is 14.0. The Balaban J connectivity index is 1.69. The van der Waals surface area contributed by atoms with E-state index in [4.69, 9.17) is 18.9 Å². The summed E-state index contributed by atoms with van der Waals surface area (Å²) in [6.45, 7) is 3.89. The summed E-state index contributed by atoms with van der Waals surface area (Å²) in [5.41, 5.74) is 1.58. The number of rotatable bonds is 9. The van der Waals surface area contributed by atoms with Crippen LogP contribution in [-0.4, -0.2) is 29.2 Å². The van der Waals surface area contributed by atoms with E-state index in [1.54, 1.807) is 43.3 Å². The molecule has 0 aliphatic carbocycles. The molecule has 216 valence electrons. The van der Waals surface area contributed by atoms with Gasteiger partial charge in [0.05, 0.1) is 34.4 Å². The molecular formula is C30H26BrN3O7S. The van der Waals surface area contributed by atoms with Gasteiger partial charge in [0.1, 0.15) is 23.3 Å². The van der Waals surface area contributed by atoms with Crippen molar-refractivity contribution in [2.45, 2.75) is 32.7 Å². The molecule has 3 heterocycles. The second-order valence-corrected chi connectivity index (χ2v) is 11.2. The Bertz CT molecular complexity index is 1900. The lowest BCUT2D eigenvalue weighted by atomic mass is 9.93. The van der Waals surface area contributed by atoms with E-state index in [-0.39, 0.29) is 17.9 Å². The Kier molecular flexibility index (Phi) is 8.55. The van der Waals surface area contributed by atoms with E-state index in [1.165, 1.54) is 35.1 Å². The van der Waals surface area contributed by atoms with Crippen LogP contribution in [0.5, 0.6) is 5.75 Å². The van der Waals surface area contributed by atoms with E-state index < -0.39 is 16.9 Å². The number of thiazole rings is 1. The number of fused-ring (bicyclic) bond motifs is 1. The Morgan fingerprint density at radius 1 is 1.21 bits per heavy atom. The molecule has 1 aliphatic rings. The minimum Gasteiger partial charge on any atom is -0.496 e. The summed E-state index contributed by atoms with van der Waals surface area (Å²) in [5.74, 6) is 0.768. The van der Waals surface area contributed by atoms with Crippen LogP contribution in [0.1, 0.15) is 44.1 Å². The van der Waals surface area contributed by atoms with Gasteiger partial charge in [-0.1, -0.05) is 52.7 Å². The quantitative estimate of drug-likeness (QED) is 0.133. The average Bonchev–Trinajstić information content (AvgIpc) is 3.57. The molecule has 0 unspecified atom stereocenters. The van der Waals surface area contributed by atoms with Crippen LogP contribution in [-0.2, 0) is 9.53 Å². The van der Waals surface area contributed by atoms with Crippen molar-refractivity contribution < 1.29 is 23.6 Å². The molecule has 0 spiro atoms. The Labute approximate surface area is 252 Å². The minimum atomic E-state index is -0.839. The number of carbonyl (C=O) groups is 1.